The van der Waals surface area contributed by atoms with Gasteiger partial charge in [-0.3, -0.25) is 14.4 Å². The van der Waals surface area contributed by atoms with Crippen molar-refractivity contribution in [2.75, 3.05) is 10.6 Å². The molecule has 1 aliphatic carbocycles. The zero-order valence-electron chi connectivity index (χ0n) is 32.5. The lowest BCUT2D eigenvalue weighted by atomic mass is 9.83. The molecule has 8 rings (SSSR count). The van der Waals surface area contributed by atoms with Crippen LogP contribution in [0.2, 0.25) is 0 Å². The lowest BCUT2D eigenvalue weighted by Crippen LogP contribution is -2.30. The Bertz CT molecular complexity index is 2690. The third-order valence-corrected chi connectivity index (χ3v) is 12.8. The molecule has 0 fully saturated rings. The molecular formula is C51H40N4O3S2. The number of carbonyl (C=O) groups is 3. The normalized spacial score (nSPS) is 13.9. The summed E-state index contributed by atoms with van der Waals surface area (Å²) in [5, 5.41) is 19.1. The summed E-state index contributed by atoms with van der Waals surface area (Å²) >= 11 is 2.85. The number of anilines is 2. The predicted octanol–water partition coefficient (Wildman–Crippen LogP) is 11.4. The third kappa shape index (κ3) is 9.48. The molecular weight excluding hydrogens is 781 g/mol. The summed E-state index contributed by atoms with van der Waals surface area (Å²) in [5.41, 5.74) is 7.48. The van der Waals surface area contributed by atoms with Gasteiger partial charge in [-0.1, -0.05) is 140 Å². The van der Waals surface area contributed by atoms with E-state index in [1.54, 1.807) is 36.4 Å². The maximum atomic E-state index is 14.3. The predicted molar refractivity (Wildman–Crippen MR) is 243 cm³/mol. The molecule has 1 aliphatic rings. The largest absolute Gasteiger partial charge is 0.321 e. The first-order valence-corrected chi connectivity index (χ1v) is 21.4. The van der Waals surface area contributed by atoms with Crippen LogP contribution in [0.3, 0.4) is 0 Å². The van der Waals surface area contributed by atoms with E-state index in [-0.39, 0.29) is 11.6 Å². The highest BCUT2D eigenvalue weighted by atomic mass is 32.2. The Morgan fingerprint density at radius 3 is 2.08 bits per heavy atom. The molecule has 0 bridgehead atoms. The van der Waals surface area contributed by atoms with Gasteiger partial charge in [-0.25, -0.2) is 0 Å². The lowest BCUT2D eigenvalue weighted by Gasteiger charge is -2.22. The average molecular weight is 821 g/mol. The SMILES string of the molecule is N#Cc1c(NC(=O)C(Sc2cccc(NC(=O)/C(=C\c3ccc(-c4ccccc4)cc3)NC(=O)c3ccccc3)c2)c2ccccc2)sc2c1CCC(c1ccccc1)C2. The topological polar surface area (TPSA) is 111 Å². The molecule has 0 radical (unpaired) electrons. The van der Waals surface area contributed by atoms with E-state index in [2.05, 4.69) is 46.3 Å². The minimum Gasteiger partial charge on any atom is -0.321 e. The molecule has 60 heavy (non-hydrogen) atoms. The van der Waals surface area contributed by atoms with Gasteiger partial charge in [0, 0.05) is 21.0 Å². The number of amides is 3. The van der Waals surface area contributed by atoms with Gasteiger partial charge in [0.05, 0.1) is 5.56 Å². The van der Waals surface area contributed by atoms with Crippen molar-refractivity contribution in [3.05, 3.63) is 214 Å². The van der Waals surface area contributed by atoms with Gasteiger partial charge in [-0.2, -0.15) is 5.26 Å². The van der Waals surface area contributed by atoms with E-state index in [1.165, 1.54) is 28.7 Å². The van der Waals surface area contributed by atoms with Gasteiger partial charge in [0.15, 0.2) is 0 Å². The highest BCUT2D eigenvalue weighted by Crippen LogP contribution is 2.44. The molecule has 2 atom stereocenters. The molecule has 6 aromatic carbocycles. The first kappa shape index (κ1) is 39.8. The molecule has 294 valence electrons. The summed E-state index contributed by atoms with van der Waals surface area (Å²) in [4.78, 5) is 43.5. The maximum absolute atomic E-state index is 14.3. The monoisotopic (exact) mass is 820 g/mol. The number of rotatable bonds is 12. The molecule has 7 aromatic rings. The average Bonchev–Trinajstić information content (AvgIpc) is 3.65. The van der Waals surface area contributed by atoms with Gasteiger partial charge < -0.3 is 16.0 Å². The van der Waals surface area contributed by atoms with Gasteiger partial charge in [0.2, 0.25) is 5.91 Å². The molecule has 2 unspecified atom stereocenters. The Morgan fingerprint density at radius 1 is 0.733 bits per heavy atom. The van der Waals surface area contributed by atoms with Crippen LogP contribution in [-0.4, -0.2) is 17.7 Å². The van der Waals surface area contributed by atoms with E-state index in [4.69, 9.17) is 0 Å². The molecule has 1 aromatic heterocycles. The van der Waals surface area contributed by atoms with E-state index in [9.17, 15) is 19.6 Å². The second-order valence-electron chi connectivity index (χ2n) is 14.4. The number of nitriles is 1. The Labute approximate surface area is 357 Å². The van der Waals surface area contributed by atoms with Crippen LogP contribution in [-0.2, 0) is 22.4 Å². The Morgan fingerprint density at radius 2 is 1.38 bits per heavy atom. The number of carbonyl (C=O) groups excluding carboxylic acids is 3. The van der Waals surface area contributed by atoms with E-state index < -0.39 is 17.1 Å². The molecule has 1 heterocycles. The van der Waals surface area contributed by atoms with Gasteiger partial charge in [-0.15, -0.1) is 23.1 Å². The van der Waals surface area contributed by atoms with E-state index in [0.717, 1.165) is 56.9 Å². The van der Waals surface area contributed by atoms with Crippen molar-refractivity contribution in [1.82, 2.24) is 5.32 Å². The second kappa shape index (κ2) is 18.7. The van der Waals surface area contributed by atoms with Gasteiger partial charge in [0.25, 0.3) is 11.8 Å². The van der Waals surface area contributed by atoms with Crippen LogP contribution in [0.5, 0.6) is 0 Å². The molecule has 0 spiro atoms. The quantitative estimate of drug-likeness (QED) is 0.0840. The fourth-order valence-electron chi connectivity index (χ4n) is 7.37. The number of hydrogen-bond donors (Lipinski definition) is 3. The summed E-state index contributed by atoms with van der Waals surface area (Å²) in [7, 11) is 0. The van der Waals surface area contributed by atoms with Crippen molar-refractivity contribution in [1.29, 1.82) is 5.26 Å². The Hall–Kier alpha value is -6.99. The smallest absolute Gasteiger partial charge is 0.272 e. The number of thioether (sulfide) groups is 1. The number of fused-ring (bicyclic) bond motifs is 1. The van der Waals surface area contributed by atoms with E-state index in [1.807, 2.05) is 115 Å². The van der Waals surface area contributed by atoms with Crippen LogP contribution >= 0.6 is 23.1 Å². The van der Waals surface area contributed by atoms with E-state index >= 15 is 0 Å². The zero-order valence-corrected chi connectivity index (χ0v) is 34.1. The standard InChI is InChI=1S/C51H40N4O3S2/c52-33-44-43-29-28-40(36-16-7-2-8-17-36)31-46(43)60-51(44)55-50(58)47(38-18-9-3-10-19-38)59-42-23-13-22-41(32-42)53-49(57)45(54-48(56)39-20-11-4-12-21-39)30-34-24-26-37(27-25-34)35-14-5-1-6-15-35/h1-27,30,32,40,47H,28-29,31H2,(H,53,57)(H,54,56)(H,55,58)/b45-30+. The van der Waals surface area contributed by atoms with Crippen molar-refractivity contribution in [3.8, 4) is 17.2 Å². The van der Waals surface area contributed by atoms with Gasteiger partial charge >= 0.3 is 0 Å². The van der Waals surface area contributed by atoms with Crippen LogP contribution in [0, 0.1) is 11.3 Å². The first-order valence-electron chi connectivity index (χ1n) is 19.7. The lowest BCUT2D eigenvalue weighted by molar-refractivity contribution is -0.116. The number of nitrogens with one attached hydrogen (secondary N) is 3. The summed E-state index contributed by atoms with van der Waals surface area (Å²) in [6, 6.07) is 56.2. The fraction of sp³-hybridized carbons (Fsp3) is 0.0980. The van der Waals surface area contributed by atoms with Gasteiger partial charge in [0.1, 0.15) is 22.0 Å². The highest BCUT2D eigenvalue weighted by molar-refractivity contribution is 8.00. The maximum Gasteiger partial charge on any atom is 0.272 e. The second-order valence-corrected chi connectivity index (χ2v) is 16.7. The van der Waals surface area contributed by atoms with Crippen LogP contribution in [0.4, 0.5) is 10.7 Å². The molecule has 3 N–H and O–H groups in total. The van der Waals surface area contributed by atoms with E-state index in [0.29, 0.717) is 27.7 Å². The van der Waals surface area contributed by atoms with Crippen LogP contribution < -0.4 is 16.0 Å². The van der Waals surface area contributed by atoms with Crippen molar-refractivity contribution in [2.45, 2.75) is 35.3 Å². The third-order valence-electron chi connectivity index (χ3n) is 10.4. The summed E-state index contributed by atoms with van der Waals surface area (Å²) < 4.78 is 0. The zero-order chi connectivity index (χ0) is 41.3. The van der Waals surface area contributed by atoms with Crippen molar-refractivity contribution < 1.29 is 14.4 Å². The van der Waals surface area contributed by atoms with Gasteiger partial charge in [-0.05, 0) is 95.0 Å². The van der Waals surface area contributed by atoms with Crippen molar-refractivity contribution >= 4 is 57.6 Å². The van der Waals surface area contributed by atoms with Crippen molar-refractivity contribution in [2.24, 2.45) is 0 Å². The highest BCUT2D eigenvalue weighted by Gasteiger charge is 2.29. The van der Waals surface area contributed by atoms with Crippen LogP contribution in [0.25, 0.3) is 17.2 Å². The van der Waals surface area contributed by atoms with Crippen LogP contribution in [0.1, 0.15) is 60.6 Å². The molecule has 0 saturated carbocycles. The minimum atomic E-state index is -0.667. The first-order chi connectivity index (χ1) is 29.4. The number of thiophene rings is 1. The summed E-state index contributed by atoms with van der Waals surface area (Å²) in [6.07, 6.45) is 4.22. The van der Waals surface area contributed by atoms with Crippen LogP contribution in [0.15, 0.2) is 180 Å². The number of hydrogen-bond acceptors (Lipinski definition) is 6. The molecule has 0 aliphatic heterocycles. The summed E-state index contributed by atoms with van der Waals surface area (Å²) in [6.45, 7) is 0. The minimum absolute atomic E-state index is 0.0675. The van der Waals surface area contributed by atoms with Crippen molar-refractivity contribution in [3.63, 3.8) is 0 Å². The molecule has 3 amide bonds. The number of benzene rings is 6. The number of nitrogens with zero attached hydrogens (tertiary/aromatic N) is 1. The molecule has 9 heteroatoms. The Kier molecular flexibility index (Phi) is 12.4. The summed E-state index contributed by atoms with van der Waals surface area (Å²) in [5.74, 6) is -0.805. The Balaban J connectivity index is 1.02. The molecule has 7 nitrogen and oxygen atoms in total. The molecule has 0 saturated heterocycles. The fourth-order valence-corrected chi connectivity index (χ4v) is 9.74.